The van der Waals surface area contributed by atoms with Crippen LogP contribution in [0.1, 0.15) is 30.7 Å². The van der Waals surface area contributed by atoms with Gasteiger partial charge in [0.05, 0.1) is 11.7 Å². The standard InChI is InChI=1S/C19H21N7OS/c1-10-24-25-18(28-10)12-4-11-5-17(22-9-16(11)21-8-12)23-19(27)26-14-2-3-15(26)7-13(20)6-14/h4-5,8-9,13-15H,2-3,6-7,20H2,1H3,(H,22,23,27)/t13-,14+,15-. The minimum absolute atomic E-state index is 0.0879. The van der Waals surface area contributed by atoms with Gasteiger partial charge in [0.2, 0.25) is 0 Å². The van der Waals surface area contributed by atoms with Crippen molar-refractivity contribution >= 4 is 34.1 Å². The Labute approximate surface area is 166 Å². The van der Waals surface area contributed by atoms with E-state index in [1.165, 1.54) is 11.3 Å². The lowest BCUT2D eigenvalue weighted by Crippen LogP contribution is -2.51. The summed E-state index contributed by atoms with van der Waals surface area (Å²) in [4.78, 5) is 23.7. The van der Waals surface area contributed by atoms with Gasteiger partial charge >= 0.3 is 6.03 Å². The summed E-state index contributed by atoms with van der Waals surface area (Å²) in [5.41, 5.74) is 7.79. The van der Waals surface area contributed by atoms with Gasteiger partial charge in [-0.3, -0.25) is 10.3 Å². The van der Waals surface area contributed by atoms with Crippen LogP contribution in [0.3, 0.4) is 0 Å². The van der Waals surface area contributed by atoms with E-state index in [-0.39, 0.29) is 24.2 Å². The predicted molar refractivity (Wildman–Crippen MR) is 108 cm³/mol. The van der Waals surface area contributed by atoms with Gasteiger partial charge in [0.1, 0.15) is 15.8 Å². The van der Waals surface area contributed by atoms with Crippen LogP contribution in [-0.2, 0) is 0 Å². The number of anilines is 1. The van der Waals surface area contributed by atoms with E-state index in [2.05, 4.69) is 25.5 Å². The van der Waals surface area contributed by atoms with Crippen molar-refractivity contribution in [3.05, 3.63) is 29.5 Å². The Hall–Kier alpha value is -2.65. The normalized spacial score (nSPS) is 23.9. The van der Waals surface area contributed by atoms with E-state index in [9.17, 15) is 4.79 Å². The summed E-state index contributed by atoms with van der Waals surface area (Å²) in [7, 11) is 0. The first-order chi connectivity index (χ1) is 13.6. The van der Waals surface area contributed by atoms with Gasteiger partial charge in [-0.2, -0.15) is 0 Å². The van der Waals surface area contributed by atoms with Gasteiger partial charge in [-0.1, -0.05) is 11.3 Å². The number of carbonyl (C=O) groups excluding carboxylic acids is 1. The molecule has 9 heteroatoms. The van der Waals surface area contributed by atoms with Crippen LogP contribution < -0.4 is 11.1 Å². The van der Waals surface area contributed by atoms with E-state index < -0.39 is 0 Å². The molecule has 2 bridgehead atoms. The molecule has 28 heavy (non-hydrogen) atoms. The molecule has 3 atom stereocenters. The molecule has 144 valence electrons. The summed E-state index contributed by atoms with van der Waals surface area (Å²) >= 11 is 1.53. The van der Waals surface area contributed by atoms with Gasteiger partial charge in [0.25, 0.3) is 0 Å². The highest BCUT2D eigenvalue weighted by atomic mass is 32.1. The Balaban J connectivity index is 1.39. The molecular formula is C19H21N7OS. The second kappa shape index (κ2) is 6.75. The summed E-state index contributed by atoms with van der Waals surface area (Å²) in [5.74, 6) is 0.527. The molecule has 0 unspecified atom stereocenters. The molecule has 2 amide bonds. The van der Waals surface area contributed by atoms with Crippen molar-refractivity contribution < 1.29 is 4.79 Å². The van der Waals surface area contributed by atoms with Crippen molar-refractivity contribution in [1.29, 1.82) is 0 Å². The lowest BCUT2D eigenvalue weighted by atomic mass is 9.99. The molecule has 0 saturated carbocycles. The highest BCUT2D eigenvalue weighted by Crippen LogP contribution is 2.35. The second-order valence-electron chi connectivity index (χ2n) is 7.57. The van der Waals surface area contributed by atoms with Crippen molar-refractivity contribution in [1.82, 2.24) is 25.1 Å². The minimum Gasteiger partial charge on any atom is -0.328 e. The quantitative estimate of drug-likeness (QED) is 0.690. The molecule has 0 spiro atoms. The van der Waals surface area contributed by atoms with Crippen LogP contribution in [0, 0.1) is 6.92 Å². The number of pyridine rings is 2. The van der Waals surface area contributed by atoms with Crippen molar-refractivity contribution in [3.63, 3.8) is 0 Å². The number of urea groups is 1. The van der Waals surface area contributed by atoms with Crippen molar-refractivity contribution in [2.24, 2.45) is 5.73 Å². The number of piperidine rings is 1. The summed E-state index contributed by atoms with van der Waals surface area (Å²) < 4.78 is 0. The van der Waals surface area contributed by atoms with Gasteiger partial charge in [-0.25, -0.2) is 9.78 Å². The number of aryl methyl sites for hydroxylation is 1. The molecule has 3 N–H and O–H groups in total. The molecule has 0 aliphatic carbocycles. The monoisotopic (exact) mass is 395 g/mol. The summed E-state index contributed by atoms with van der Waals surface area (Å²) in [6.45, 7) is 1.92. The van der Waals surface area contributed by atoms with Crippen molar-refractivity contribution in [3.8, 4) is 10.6 Å². The fourth-order valence-corrected chi connectivity index (χ4v) is 5.03. The number of nitrogens with two attached hydrogens (primary N) is 1. The molecular weight excluding hydrogens is 374 g/mol. The number of rotatable bonds is 2. The molecule has 5 rings (SSSR count). The van der Waals surface area contributed by atoms with E-state index >= 15 is 0 Å². The molecule has 8 nitrogen and oxygen atoms in total. The molecule has 2 aliphatic rings. The fourth-order valence-electron chi connectivity index (χ4n) is 4.35. The first-order valence-electron chi connectivity index (χ1n) is 9.48. The van der Waals surface area contributed by atoms with Gasteiger partial charge in [-0.15, -0.1) is 10.2 Å². The number of amides is 2. The van der Waals surface area contributed by atoms with Gasteiger partial charge < -0.3 is 10.6 Å². The van der Waals surface area contributed by atoms with Crippen molar-refractivity contribution in [2.75, 3.05) is 5.32 Å². The van der Waals surface area contributed by atoms with Crippen LogP contribution in [-0.4, -0.2) is 49.2 Å². The van der Waals surface area contributed by atoms with E-state index in [4.69, 9.17) is 5.73 Å². The van der Waals surface area contributed by atoms with Gasteiger partial charge in [0.15, 0.2) is 0 Å². The zero-order valence-electron chi connectivity index (χ0n) is 15.5. The van der Waals surface area contributed by atoms with E-state index in [1.807, 2.05) is 24.0 Å². The van der Waals surface area contributed by atoms with Crippen LogP contribution in [0.5, 0.6) is 0 Å². The lowest BCUT2D eigenvalue weighted by Gasteiger charge is -2.37. The SMILES string of the molecule is Cc1nnc(-c2cnc3cnc(NC(=O)N4[C@@H]5CC[C@H]4C[C@@H](N)C5)cc3c2)s1. The largest absolute Gasteiger partial charge is 0.328 e. The Morgan fingerprint density at radius 3 is 2.68 bits per heavy atom. The third-order valence-corrected chi connectivity index (χ3v) is 6.47. The topological polar surface area (TPSA) is 110 Å². The summed E-state index contributed by atoms with van der Waals surface area (Å²) in [6, 6.07) is 4.45. The Kier molecular flexibility index (Phi) is 4.21. The Bertz CT molecular complexity index is 1040. The average molecular weight is 395 g/mol. The summed E-state index contributed by atoms with van der Waals surface area (Å²) in [6.07, 6.45) is 7.28. The number of nitrogens with one attached hydrogen (secondary N) is 1. The van der Waals surface area contributed by atoms with Crippen LogP contribution in [0.4, 0.5) is 10.6 Å². The molecule has 0 radical (unpaired) electrons. The third kappa shape index (κ3) is 3.10. The minimum atomic E-state index is -0.0879. The number of fused-ring (bicyclic) bond motifs is 3. The molecule has 3 aromatic heterocycles. The maximum absolute atomic E-state index is 12.9. The number of nitrogens with zero attached hydrogens (tertiary/aromatic N) is 5. The van der Waals surface area contributed by atoms with Crippen LogP contribution >= 0.6 is 11.3 Å². The number of aromatic nitrogens is 4. The lowest BCUT2D eigenvalue weighted by molar-refractivity contribution is 0.150. The molecule has 2 fully saturated rings. The van der Waals surface area contributed by atoms with E-state index in [0.29, 0.717) is 5.82 Å². The molecule has 2 aliphatic heterocycles. The average Bonchev–Trinajstić information content (AvgIpc) is 3.22. The van der Waals surface area contributed by atoms with Crippen LogP contribution in [0.15, 0.2) is 24.5 Å². The maximum Gasteiger partial charge on any atom is 0.323 e. The Morgan fingerprint density at radius 2 is 1.96 bits per heavy atom. The number of carbonyl (C=O) groups is 1. The predicted octanol–water partition coefficient (Wildman–Crippen LogP) is 2.94. The van der Waals surface area contributed by atoms with Crippen LogP contribution in [0.25, 0.3) is 21.5 Å². The van der Waals surface area contributed by atoms with Gasteiger partial charge in [-0.05, 0) is 44.7 Å². The molecule has 0 aromatic carbocycles. The maximum atomic E-state index is 12.9. The molecule has 3 aromatic rings. The first-order valence-corrected chi connectivity index (χ1v) is 10.3. The van der Waals surface area contributed by atoms with E-state index in [0.717, 1.165) is 52.2 Å². The van der Waals surface area contributed by atoms with E-state index in [1.54, 1.807) is 12.4 Å². The second-order valence-corrected chi connectivity index (χ2v) is 8.75. The highest BCUT2D eigenvalue weighted by Gasteiger charge is 2.42. The zero-order valence-corrected chi connectivity index (χ0v) is 16.3. The smallest absolute Gasteiger partial charge is 0.323 e. The number of hydrogen-bond donors (Lipinski definition) is 2. The Morgan fingerprint density at radius 1 is 1.18 bits per heavy atom. The number of hydrogen-bond acceptors (Lipinski definition) is 7. The van der Waals surface area contributed by atoms with Crippen molar-refractivity contribution in [2.45, 2.75) is 50.7 Å². The van der Waals surface area contributed by atoms with Crippen LogP contribution in [0.2, 0.25) is 0 Å². The highest BCUT2D eigenvalue weighted by molar-refractivity contribution is 7.14. The molecule has 5 heterocycles. The zero-order chi connectivity index (χ0) is 19.3. The first kappa shape index (κ1) is 17.4. The fraction of sp³-hybridized carbons (Fsp3) is 0.421. The third-order valence-electron chi connectivity index (χ3n) is 5.58. The molecule has 2 saturated heterocycles. The summed E-state index contributed by atoms with van der Waals surface area (Å²) in [5, 5.41) is 13.9. The van der Waals surface area contributed by atoms with Gasteiger partial charge in [0, 0.05) is 35.3 Å².